The summed E-state index contributed by atoms with van der Waals surface area (Å²) in [6.07, 6.45) is 0. The minimum Gasteiger partial charge on any atom is -0.455 e. The number of hydrogen-bond acceptors (Lipinski definition) is 5. The van der Waals surface area contributed by atoms with Crippen molar-refractivity contribution in [2.45, 2.75) is 27.4 Å². The van der Waals surface area contributed by atoms with E-state index >= 15 is 0 Å². The first kappa shape index (κ1) is 15.5. The Balaban J connectivity index is 1.88. The van der Waals surface area contributed by atoms with E-state index in [0.717, 1.165) is 16.5 Å². The maximum Gasteiger partial charge on any atom is 0.344 e. The number of hydrogen-bond donors (Lipinski definition) is 0. The molecule has 0 aliphatic carbocycles. The first-order chi connectivity index (χ1) is 11.0. The lowest BCUT2D eigenvalue weighted by atomic mass is 10.1. The number of rotatable bonds is 3. The Labute approximate surface area is 138 Å². The van der Waals surface area contributed by atoms with Gasteiger partial charge in [0.15, 0.2) is 0 Å². The molecular weight excluding hydrogens is 316 g/mol. The Hall–Kier alpha value is -2.40. The minimum atomic E-state index is -0.495. The Morgan fingerprint density at radius 3 is 2.70 bits per heavy atom. The van der Waals surface area contributed by atoms with Crippen molar-refractivity contribution in [1.82, 2.24) is 10.1 Å². The van der Waals surface area contributed by atoms with Crippen LogP contribution in [0.5, 0.6) is 0 Å². The van der Waals surface area contributed by atoms with Crippen LogP contribution in [0.4, 0.5) is 0 Å². The quantitative estimate of drug-likeness (QED) is 0.675. The van der Waals surface area contributed by atoms with Gasteiger partial charge in [-0.15, -0.1) is 0 Å². The van der Waals surface area contributed by atoms with Gasteiger partial charge in [0, 0.05) is 5.39 Å². The molecule has 2 aromatic heterocycles. The standard InChI is InChI=1S/C17H15ClN2O3/c1-9-12-6-4-5-7-13(12)19-14(16(9)18)8-22-17(21)15-10(2)20-23-11(15)3/h4-7H,8H2,1-3H3. The molecule has 0 bridgehead atoms. The van der Waals surface area contributed by atoms with Crippen LogP contribution in [0.15, 0.2) is 28.8 Å². The van der Waals surface area contributed by atoms with Gasteiger partial charge in [-0.1, -0.05) is 35.0 Å². The number of nitrogens with zero attached hydrogens (tertiary/aromatic N) is 2. The van der Waals surface area contributed by atoms with E-state index in [9.17, 15) is 4.79 Å². The van der Waals surface area contributed by atoms with Gasteiger partial charge in [-0.25, -0.2) is 9.78 Å². The third kappa shape index (κ3) is 2.80. The summed E-state index contributed by atoms with van der Waals surface area (Å²) >= 11 is 6.36. The van der Waals surface area contributed by atoms with Gasteiger partial charge in [0.2, 0.25) is 0 Å². The highest BCUT2D eigenvalue weighted by Gasteiger charge is 2.20. The molecule has 0 N–H and O–H groups in total. The summed E-state index contributed by atoms with van der Waals surface area (Å²) in [5.74, 6) is -0.0637. The highest BCUT2D eigenvalue weighted by molar-refractivity contribution is 6.32. The molecule has 0 fully saturated rings. The largest absolute Gasteiger partial charge is 0.455 e. The molecule has 6 heteroatoms. The van der Waals surface area contributed by atoms with Crippen molar-refractivity contribution in [2.75, 3.05) is 0 Å². The lowest BCUT2D eigenvalue weighted by Gasteiger charge is -2.10. The van der Waals surface area contributed by atoms with E-state index in [1.807, 2.05) is 31.2 Å². The Morgan fingerprint density at radius 2 is 2.00 bits per heavy atom. The molecule has 0 aliphatic heterocycles. The van der Waals surface area contributed by atoms with Gasteiger partial charge in [-0.05, 0) is 32.4 Å². The number of carbonyl (C=O) groups is 1. The summed E-state index contributed by atoms with van der Waals surface area (Å²) in [4.78, 5) is 16.7. The molecule has 23 heavy (non-hydrogen) atoms. The number of benzene rings is 1. The summed E-state index contributed by atoms with van der Waals surface area (Å²) in [6.45, 7) is 5.28. The second kappa shape index (κ2) is 6.01. The molecule has 3 aromatic rings. The van der Waals surface area contributed by atoms with Crippen LogP contribution in [-0.2, 0) is 11.3 Å². The van der Waals surface area contributed by atoms with Crippen LogP contribution in [0.3, 0.4) is 0 Å². The summed E-state index contributed by atoms with van der Waals surface area (Å²) in [6, 6.07) is 7.70. The van der Waals surface area contributed by atoms with Crippen molar-refractivity contribution in [3.8, 4) is 0 Å². The lowest BCUT2D eigenvalue weighted by molar-refractivity contribution is 0.0465. The van der Waals surface area contributed by atoms with Crippen molar-refractivity contribution in [2.24, 2.45) is 0 Å². The Kier molecular flexibility index (Phi) is 4.05. The average molecular weight is 331 g/mol. The van der Waals surface area contributed by atoms with Crippen molar-refractivity contribution in [3.63, 3.8) is 0 Å². The molecule has 1 aromatic carbocycles. The number of halogens is 1. The summed E-state index contributed by atoms with van der Waals surface area (Å²) in [5.41, 5.74) is 3.11. The van der Waals surface area contributed by atoms with E-state index in [1.54, 1.807) is 13.8 Å². The van der Waals surface area contributed by atoms with Gasteiger partial charge >= 0.3 is 5.97 Å². The molecule has 0 spiro atoms. The average Bonchev–Trinajstić information content (AvgIpc) is 2.88. The molecule has 0 radical (unpaired) electrons. The normalized spacial score (nSPS) is 11.0. The van der Waals surface area contributed by atoms with Gasteiger partial charge in [0.05, 0.1) is 21.9 Å². The molecule has 0 saturated heterocycles. The molecule has 5 nitrogen and oxygen atoms in total. The zero-order valence-corrected chi connectivity index (χ0v) is 13.8. The summed E-state index contributed by atoms with van der Waals surface area (Å²) in [7, 11) is 0. The van der Waals surface area contributed by atoms with E-state index < -0.39 is 5.97 Å². The highest BCUT2D eigenvalue weighted by atomic mass is 35.5. The van der Waals surface area contributed by atoms with E-state index in [0.29, 0.717) is 27.7 Å². The topological polar surface area (TPSA) is 65.2 Å². The van der Waals surface area contributed by atoms with Gasteiger partial charge < -0.3 is 9.26 Å². The number of pyridine rings is 1. The first-order valence-corrected chi connectivity index (χ1v) is 7.50. The van der Waals surface area contributed by atoms with Crippen LogP contribution >= 0.6 is 11.6 Å². The zero-order chi connectivity index (χ0) is 16.6. The molecule has 0 amide bonds. The fourth-order valence-corrected chi connectivity index (χ4v) is 2.69. The van der Waals surface area contributed by atoms with Crippen LogP contribution in [-0.4, -0.2) is 16.1 Å². The molecular formula is C17H15ClN2O3. The van der Waals surface area contributed by atoms with E-state index in [-0.39, 0.29) is 6.61 Å². The number of para-hydroxylation sites is 1. The van der Waals surface area contributed by atoms with Gasteiger partial charge in [-0.2, -0.15) is 0 Å². The number of esters is 1. The predicted molar refractivity (Wildman–Crippen MR) is 86.6 cm³/mol. The van der Waals surface area contributed by atoms with E-state index in [2.05, 4.69) is 10.1 Å². The zero-order valence-electron chi connectivity index (χ0n) is 13.0. The van der Waals surface area contributed by atoms with Crippen molar-refractivity contribution >= 4 is 28.5 Å². The maximum absolute atomic E-state index is 12.2. The number of fused-ring (bicyclic) bond motifs is 1. The Bertz CT molecular complexity index is 883. The maximum atomic E-state index is 12.2. The molecule has 0 unspecified atom stereocenters. The molecule has 3 rings (SSSR count). The van der Waals surface area contributed by atoms with Crippen LogP contribution < -0.4 is 0 Å². The Morgan fingerprint density at radius 1 is 1.26 bits per heavy atom. The van der Waals surface area contributed by atoms with Crippen LogP contribution in [0.25, 0.3) is 10.9 Å². The second-order valence-corrected chi connectivity index (χ2v) is 5.67. The molecule has 2 heterocycles. The summed E-state index contributed by atoms with van der Waals surface area (Å²) < 4.78 is 10.3. The SMILES string of the molecule is Cc1noc(C)c1C(=O)OCc1nc2ccccc2c(C)c1Cl. The molecule has 0 saturated carbocycles. The molecule has 0 atom stereocenters. The highest BCUT2D eigenvalue weighted by Crippen LogP contribution is 2.27. The van der Waals surface area contributed by atoms with Crippen molar-refractivity contribution in [3.05, 3.63) is 57.6 Å². The number of aromatic nitrogens is 2. The fraction of sp³-hybridized carbons (Fsp3) is 0.235. The van der Waals surface area contributed by atoms with Crippen LogP contribution in [0.2, 0.25) is 5.02 Å². The lowest BCUT2D eigenvalue weighted by Crippen LogP contribution is -2.09. The number of ether oxygens (including phenoxy) is 1. The third-order valence-electron chi connectivity index (χ3n) is 3.72. The number of carbonyl (C=O) groups excluding carboxylic acids is 1. The van der Waals surface area contributed by atoms with Gasteiger partial charge in [0.1, 0.15) is 17.9 Å². The predicted octanol–water partition coefficient (Wildman–Crippen LogP) is 4.16. The van der Waals surface area contributed by atoms with Crippen LogP contribution in [0.1, 0.15) is 33.1 Å². The van der Waals surface area contributed by atoms with E-state index in [4.69, 9.17) is 20.9 Å². The summed E-state index contributed by atoms with van der Waals surface area (Å²) in [5, 5.41) is 5.24. The fourth-order valence-electron chi connectivity index (χ4n) is 2.49. The van der Waals surface area contributed by atoms with Crippen molar-refractivity contribution < 1.29 is 14.1 Å². The second-order valence-electron chi connectivity index (χ2n) is 5.29. The van der Waals surface area contributed by atoms with E-state index in [1.165, 1.54) is 0 Å². The minimum absolute atomic E-state index is 0.00655. The smallest absolute Gasteiger partial charge is 0.344 e. The van der Waals surface area contributed by atoms with Gasteiger partial charge in [0.25, 0.3) is 0 Å². The molecule has 0 aliphatic rings. The van der Waals surface area contributed by atoms with Crippen LogP contribution in [0, 0.1) is 20.8 Å². The number of aryl methyl sites for hydroxylation is 3. The van der Waals surface area contributed by atoms with Crippen molar-refractivity contribution in [1.29, 1.82) is 0 Å². The monoisotopic (exact) mass is 330 g/mol. The third-order valence-corrected chi connectivity index (χ3v) is 4.23. The molecule has 118 valence electrons. The first-order valence-electron chi connectivity index (χ1n) is 7.12. The van der Waals surface area contributed by atoms with Gasteiger partial charge in [-0.3, -0.25) is 0 Å².